The largest absolute Gasteiger partial charge is 0.468 e. The molecule has 88 valence electrons. The summed E-state index contributed by atoms with van der Waals surface area (Å²) in [7, 11) is 1.16. The van der Waals surface area contributed by atoms with Crippen LogP contribution < -0.4 is 5.73 Å². The maximum absolute atomic E-state index is 13.4. The molecule has 0 amide bonds. The fraction of sp³-hybridized carbons (Fsp3) is 0.300. The molecule has 0 bridgehead atoms. The van der Waals surface area contributed by atoms with E-state index in [9.17, 15) is 13.6 Å². The molecule has 1 unspecified atom stereocenters. The van der Waals surface area contributed by atoms with Gasteiger partial charge in [0.15, 0.2) is 0 Å². The summed E-state index contributed by atoms with van der Waals surface area (Å²) in [5, 5.41) is 0. The second-order valence-corrected chi connectivity index (χ2v) is 4.10. The number of carbonyl (C=O) groups is 1. The van der Waals surface area contributed by atoms with Crippen LogP contribution in [-0.4, -0.2) is 19.1 Å². The van der Waals surface area contributed by atoms with Gasteiger partial charge in [-0.15, -0.1) is 0 Å². The first-order valence-electron chi connectivity index (χ1n) is 4.42. The van der Waals surface area contributed by atoms with Gasteiger partial charge in [-0.05, 0) is 12.1 Å². The first-order valence-corrected chi connectivity index (χ1v) is 5.21. The van der Waals surface area contributed by atoms with E-state index in [-0.39, 0.29) is 16.5 Å². The first-order chi connectivity index (χ1) is 7.45. The van der Waals surface area contributed by atoms with Crippen molar-refractivity contribution in [3.63, 3.8) is 0 Å². The lowest BCUT2D eigenvalue weighted by Gasteiger charge is -2.10. The van der Waals surface area contributed by atoms with Crippen molar-refractivity contribution in [1.82, 2.24) is 0 Å². The number of benzene rings is 1. The number of hydrogen-bond donors (Lipinski definition) is 1. The van der Waals surface area contributed by atoms with Gasteiger partial charge in [-0.3, -0.25) is 4.79 Å². The number of halogens is 3. The second-order valence-electron chi connectivity index (χ2n) is 3.18. The van der Waals surface area contributed by atoms with Crippen LogP contribution >= 0.6 is 15.9 Å². The highest BCUT2D eigenvalue weighted by molar-refractivity contribution is 9.10. The third-order valence-electron chi connectivity index (χ3n) is 2.03. The highest BCUT2D eigenvalue weighted by Crippen LogP contribution is 2.20. The molecule has 0 aliphatic heterocycles. The third kappa shape index (κ3) is 2.99. The fourth-order valence-electron chi connectivity index (χ4n) is 1.22. The van der Waals surface area contributed by atoms with Crippen molar-refractivity contribution >= 4 is 21.9 Å². The number of hydrogen-bond acceptors (Lipinski definition) is 3. The van der Waals surface area contributed by atoms with Crippen molar-refractivity contribution in [2.24, 2.45) is 5.73 Å². The van der Waals surface area contributed by atoms with Crippen LogP contribution in [0.25, 0.3) is 0 Å². The molecule has 1 aromatic rings. The van der Waals surface area contributed by atoms with Crippen molar-refractivity contribution in [2.75, 3.05) is 7.11 Å². The van der Waals surface area contributed by atoms with Crippen LogP contribution in [0, 0.1) is 11.6 Å². The standard InChI is InChI=1S/C10H10BrF2NO2/c1-16-10(15)9(14)4-6-7(12)2-5(11)3-8(6)13/h2-3,9H,4,14H2,1H3. The van der Waals surface area contributed by atoms with E-state index in [1.807, 2.05) is 0 Å². The van der Waals surface area contributed by atoms with Gasteiger partial charge >= 0.3 is 5.97 Å². The molecule has 0 heterocycles. The summed E-state index contributed by atoms with van der Waals surface area (Å²) in [6, 6.07) is 1.15. The van der Waals surface area contributed by atoms with Crippen molar-refractivity contribution in [3.8, 4) is 0 Å². The predicted octanol–water partition coefficient (Wildman–Crippen LogP) is 1.77. The van der Waals surface area contributed by atoms with Crippen LogP contribution in [0.4, 0.5) is 8.78 Å². The average Bonchev–Trinajstić information content (AvgIpc) is 2.21. The number of carbonyl (C=O) groups excluding carboxylic acids is 1. The maximum atomic E-state index is 13.4. The van der Waals surface area contributed by atoms with E-state index in [4.69, 9.17) is 5.73 Å². The van der Waals surface area contributed by atoms with Crippen molar-refractivity contribution in [2.45, 2.75) is 12.5 Å². The Hall–Kier alpha value is -1.01. The minimum atomic E-state index is -1.07. The summed E-state index contributed by atoms with van der Waals surface area (Å²) in [6.07, 6.45) is -0.238. The third-order valence-corrected chi connectivity index (χ3v) is 2.49. The zero-order valence-electron chi connectivity index (χ0n) is 8.47. The quantitative estimate of drug-likeness (QED) is 0.864. The van der Waals surface area contributed by atoms with Gasteiger partial charge in [-0.2, -0.15) is 0 Å². The van der Waals surface area contributed by atoms with Gasteiger partial charge < -0.3 is 10.5 Å². The lowest BCUT2D eigenvalue weighted by molar-refractivity contribution is -0.142. The topological polar surface area (TPSA) is 52.3 Å². The summed E-state index contributed by atoms with van der Waals surface area (Å²) < 4.78 is 31.4. The Morgan fingerprint density at radius 2 is 2.00 bits per heavy atom. The predicted molar refractivity (Wildman–Crippen MR) is 57.8 cm³/mol. The Kier molecular flexibility index (Phi) is 4.37. The van der Waals surface area contributed by atoms with Crippen molar-refractivity contribution in [1.29, 1.82) is 0 Å². The number of esters is 1. The van der Waals surface area contributed by atoms with Gasteiger partial charge in [-0.1, -0.05) is 15.9 Å². The SMILES string of the molecule is COC(=O)C(N)Cc1c(F)cc(Br)cc1F. The van der Waals surface area contributed by atoms with Crippen molar-refractivity contribution in [3.05, 3.63) is 33.8 Å². The summed E-state index contributed by atoms with van der Waals surface area (Å²) in [4.78, 5) is 11.0. The molecule has 3 nitrogen and oxygen atoms in total. The molecule has 0 aliphatic carbocycles. The molecule has 0 aromatic heterocycles. The smallest absolute Gasteiger partial charge is 0.322 e. The molecule has 6 heteroatoms. The number of methoxy groups -OCH3 is 1. The van der Waals surface area contributed by atoms with E-state index in [2.05, 4.69) is 20.7 Å². The monoisotopic (exact) mass is 293 g/mol. The van der Waals surface area contributed by atoms with Crippen LogP contribution in [0.3, 0.4) is 0 Å². The van der Waals surface area contributed by atoms with Gasteiger partial charge in [0.1, 0.15) is 17.7 Å². The summed E-state index contributed by atoms with van der Waals surface area (Å²) in [5.41, 5.74) is 5.19. The molecule has 0 radical (unpaired) electrons. The molecule has 1 rings (SSSR count). The molecule has 0 aliphatic rings. The highest BCUT2D eigenvalue weighted by Gasteiger charge is 2.19. The highest BCUT2D eigenvalue weighted by atomic mass is 79.9. The van der Waals surface area contributed by atoms with Gasteiger partial charge in [0.2, 0.25) is 0 Å². The molecule has 16 heavy (non-hydrogen) atoms. The van der Waals surface area contributed by atoms with E-state index >= 15 is 0 Å². The molecule has 0 fully saturated rings. The Morgan fingerprint density at radius 1 is 1.50 bits per heavy atom. The minimum absolute atomic E-state index is 0.221. The van der Waals surface area contributed by atoms with Gasteiger partial charge in [0.05, 0.1) is 7.11 Å². The zero-order valence-corrected chi connectivity index (χ0v) is 10.1. The molecule has 0 saturated heterocycles. The number of nitrogens with two attached hydrogens (primary N) is 1. The van der Waals surface area contributed by atoms with Gasteiger partial charge in [0, 0.05) is 16.5 Å². The zero-order chi connectivity index (χ0) is 12.3. The summed E-state index contributed by atoms with van der Waals surface area (Å²) in [6.45, 7) is 0. The molecule has 1 atom stereocenters. The molecule has 0 spiro atoms. The van der Waals surface area contributed by atoms with Crippen molar-refractivity contribution < 1.29 is 18.3 Å². The van der Waals surface area contributed by atoms with E-state index < -0.39 is 23.6 Å². The van der Waals surface area contributed by atoms with Gasteiger partial charge in [-0.25, -0.2) is 8.78 Å². The summed E-state index contributed by atoms with van der Waals surface area (Å²) >= 11 is 2.95. The van der Waals surface area contributed by atoms with Crippen LogP contribution in [0.5, 0.6) is 0 Å². The number of ether oxygens (including phenoxy) is 1. The normalized spacial score (nSPS) is 12.3. The van der Waals surface area contributed by atoms with Crippen LogP contribution in [0.2, 0.25) is 0 Å². The number of rotatable bonds is 3. The lowest BCUT2D eigenvalue weighted by atomic mass is 10.1. The fourth-order valence-corrected chi connectivity index (χ4v) is 1.62. The Bertz CT molecular complexity index is 389. The van der Waals surface area contributed by atoms with Crippen LogP contribution in [-0.2, 0) is 16.0 Å². The molecule has 2 N–H and O–H groups in total. The molecule has 0 saturated carbocycles. The van der Waals surface area contributed by atoms with E-state index in [1.165, 1.54) is 0 Å². The van der Waals surface area contributed by atoms with E-state index in [0.717, 1.165) is 19.2 Å². The van der Waals surface area contributed by atoms with E-state index in [0.29, 0.717) is 0 Å². The first kappa shape index (κ1) is 13.1. The van der Waals surface area contributed by atoms with E-state index in [1.54, 1.807) is 0 Å². The summed E-state index contributed by atoms with van der Waals surface area (Å²) in [5.74, 6) is -2.20. The maximum Gasteiger partial charge on any atom is 0.322 e. The Labute approximate surface area is 99.7 Å². The second kappa shape index (κ2) is 5.36. The van der Waals surface area contributed by atoms with Gasteiger partial charge in [0.25, 0.3) is 0 Å². The Balaban J connectivity index is 2.93. The van der Waals surface area contributed by atoms with Crippen LogP contribution in [0.15, 0.2) is 16.6 Å². The molecular weight excluding hydrogens is 284 g/mol. The average molecular weight is 294 g/mol. The minimum Gasteiger partial charge on any atom is -0.468 e. The Morgan fingerprint density at radius 3 is 2.44 bits per heavy atom. The molecular formula is C10H10BrF2NO2. The van der Waals surface area contributed by atoms with Crippen LogP contribution in [0.1, 0.15) is 5.56 Å². The molecule has 1 aromatic carbocycles. The lowest BCUT2D eigenvalue weighted by Crippen LogP contribution is -2.34.